The standard InChI is InChI=1S/C18H25NO3/c1-3-5-6-7-8-9-12-21-18-19-16-13-14(4-2)10-11-15(16)17(20)22-18/h10-11,13H,3-9,12H2,1-2H3. The Morgan fingerprint density at radius 1 is 1.09 bits per heavy atom. The van der Waals surface area contributed by atoms with Crippen molar-refractivity contribution in [1.82, 2.24) is 4.98 Å². The zero-order chi connectivity index (χ0) is 15.8. The third-order valence-corrected chi connectivity index (χ3v) is 3.81. The Kier molecular flexibility index (Phi) is 6.44. The summed E-state index contributed by atoms with van der Waals surface area (Å²) >= 11 is 0. The van der Waals surface area contributed by atoms with E-state index in [1.54, 1.807) is 6.07 Å². The summed E-state index contributed by atoms with van der Waals surface area (Å²) in [6, 6.07) is 5.62. The predicted molar refractivity (Wildman–Crippen MR) is 88.5 cm³/mol. The van der Waals surface area contributed by atoms with Gasteiger partial charge in [0.15, 0.2) is 0 Å². The van der Waals surface area contributed by atoms with Gasteiger partial charge in [-0.25, -0.2) is 4.79 Å². The van der Waals surface area contributed by atoms with Gasteiger partial charge in [0.05, 0.1) is 17.5 Å². The molecule has 0 spiro atoms. The number of rotatable bonds is 9. The second kappa shape index (κ2) is 8.57. The Labute approximate surface area is 131 Å². The van der Waals surface area contributed by atoms with E-state index >= 15 is 0 Å². The summed E-state index contributed by atoms with van der Waals surface area (Å²) < 4.78 is 10.6. The van der Waals surface area contributed by atoms with Gasteiger partial charge in [0.1, 0.15) is 0 Å². The van der Waals surface area contributed by atoms with Crippen LogP contribution in [-0.2, 0) is 6.42 Å². The minimum absolute atomic E-state index is 0.0827. The maximum absolute atomic E-state index is 11.9. The first-order valence-electron chi connectivity index (χ1n) is 8.31. The quantitative estimate of drug-likeness (QED) is 0.640. The fourth-order valence-corrected chi connectivity index (χ4v) is 2.42. The van der Waals surface area contributed by atoms with E-state index in [1.807, 2.05) is 12.1 Å². The molecule has 120 valence electrons. The van der Waals surface area contributed by atoms with Crippen molar-refractivity contribution in [1.29, 1.82) is 0 Å². The zero-order valence-corrected chi connectivity index (χ0v) is 13.6. The van der Waals surface area contributed by atoms with Gasteiger partial charge in [-0.1, -0.05) is 52.0 Å². The van der Waals surface area contributed by atoms with Gasteiger partial charge in [-0.15, -0.1) is 0 Å². The molecule has 1 heterocycles. The first-order chi connectivity index (χ1) is 10.7. The van der Waals surface area contributed by atoms with Gasteiger partial charge in [0.25, 0.3) is 0 Å². The van der Waals surface area contributed by atoms with Gasteiger partial charge >= 0.3 is 11.7 Å². The van der Waals surface area contributed by atoms with Crippen LogP contribution in [0.5, 0.6) is 6.08 Å². The molecule has 0 unspecified atom stereocenters. The van der Waals surface area contributed by atoms with Crippen molar-refractivity contribution in [3.8, 4) is 6.08 Å². The molecule has 2 rings (SSSR count). The molecule has 22 heavy (non-hydrogen) atoms. The first kappa shape index (κ1) is 16.5. The molecular weight excluding hydrogens is 278 g/mol. The van der Waals surface area contributed by atoms with Crippen LogP contribution < -0.4 is 10.4 Å². The fraction of sp³-hybridized carbons (Fsp3) is 0.556. The van der Waals surface area contributed by atoms with Crippen LogP contribution in [0.15, 0.2) is 27.4 Å². The predicted octanol–water partition coefficient (Wildman–Crippen LogP) is 4.49. The molecule has 0 amide bonds. The molecule has 0 aliphatic rings. The Morgan fingerprint density at radius 2 is 1.86 bits per heavy atom. The zero-order valence-electron chi connectivity index (χ0n) is 13.6. The van der Waals surface area contributed by atoms with Crippen LogP contribution in [0.4, 0.5) is 0 Å². The van der Waals surface area contributed by atoms with Crippen molar-refractivity contribution < 1.29 is 9.15 Å². The Morgan fingerprint density at radius 3 is 2.64 bits per heavy atom. The number of unbranched alkanes of at least 4 members (excludes halogenated alkanes) is 5. The molecule has 0 atom stereocenters. The molecule has 4 heteroatoms. The summed E-state index contributed by atoms with van der Waals surface area (Å²) in [5.74, 6) is 0. The first-order valence-corrected chi connectivity index (χ1v) is 8.31. The number of aromatic nitrogens is 1. The lowest BCUT2D eigenvalue weighted by Crippen LogP contribution is -2.06. The van der Waals surface area contributed by atoms with E-state index in [4.69, 9.17) is 9.15 Å². The number of fused-ring (bicyclic) bond motifs is 1. The van der Waals surface area contributed by atoms with Gasteiger partial charge in [0.2, 0.25) is 0 Å². The monoisotopic (exact) mass is 303 g/mol. The van der Waals surface area contributed by atoms with Crippen molar-refractivity contribution in [2.75, 3.05) is 6.61 Å². The average molecular weight is 303 g/mol. The highest BCUT2D eigenvalue weighted by Gasteiger charge is 2.07. The van der Waals surface area contributed by atoms with E-state index in [0.717, 1.165) is 24.8 Å². The van der Waals surface area contributed by atoms with Crippen molar-refractivity contribution >= 4 is 10.9 Å². The van der Waals surface area contributed by atoms with Crippen molar-refractivity contribution in [2.24, 2.45) is 0 Å². The molecule has 0 fully saturated rings. The lowest BCUT2D eigenvalue weighted by molar-refractivity contribution is 0.211. The lowest BCUT2D eigenvalue weighted by atomic mass is 10.1. The van der Waals surface area contributed by atoms with E-state index in [1.165, 1.54) is 25.7 Å². The summed E-state index contributed by atoms with van der Waals surface area (Å²) in [5.41, 5.74) is 1.41. The van der Waals surface area contributed by atoms with Crippen LogP contribution in [0.25, 0.3) is 10.9 Å². The molecule has 0 saturated carbocycles. The third-order valence-electron chi connectivity index (χ3n) is 3.81. The van der Waals surface area contributed by atoms with Crippen LogP contribution in [0.2, 0.25) is 0 Å². The fourth-order valence-electron chi connectivity index (χ4n) is 2.42. The van der Waals surface area contributed by atoms with Crippen LogP contribution in [0, 0.1) is 0 Å². The van der Waals surface area contributed by atoms with Crippen molar-refractivity contribution in [3.05, 3.63) is 34.2 Å². The summed E-state index contributed by atoms with van der Waals surface area (Å²) in [6.45, 7) is 4.82. The second-order valence-electron chi connectivity index (χ2n) is 5.59. The summed E-state index contributed by atoms with van der Waals surface area (Å²) in [4.78, 5) is 16.2. The van der Waals surface area contributed by atoms with E-state index in [2.05, 4.69) is 18.8 Å². The molecule has 0 saturated heterocycles. The minimum atomic E-state index is -0.384. The molecule has 0 N–H and O–H groups in total. The Bertz CT molecular complexity index is 648. The Hall–Kier alpha value is -1.84. The normalized spacial score (nSPS) is 11.0. The molecule has 4 nitrogen and oxygen atoms in total. The molecule has 1 aromatic carbocycles. The molecule has 0 aliphatic heterocycles. The molecule has 1 aromatic heterocycles. The van der Waals surface area contributed by atoms with E-state index in [9.17, 15) is 4.79 Å². The van der Waals surface area contributed by atoms with Gasteiger partial charge < -0.3 is 9.15 Å². The van der Waals surface area contributed by atoms with E-state index in [0.29, 0.717) is 17.5 Å². The number of benzene rings is 1. The summed E-state index contributed by atoms with van der Waals surface area (Å²) in [5, 5.41) is 0.504. The molecule has 0 radical (unpaired) electrons. The highest BCUT2D eigenvalue weighted by atomic mass is 16.6. The topological polar surface area (TPSA) is 52.3 Å². The van der Waals surface area contributed by atoms with Gasteiger partial charge in [-0.05, 0) is 30.5 Å². The average Bonchev–Trinajstić information content (AvgIpc) is 2.53. The van der Waals surface area contributed by atoms with Gasteiger partial charge in [0, 0.05) is 0 Å². The largest absolute Gasteiger partial charge is 0.450 e. The maximum atomic E-state index is 11.9. The summed E-state index contributed by atoms with van der Waals surface area (Å²) in [7, 11) is 0. The SMILES string of the molecule is CCCCCCCCOc1nc2cc(CC)ccc2c(=O)o1. The molecule has 0 bridgehead atoms. The highest BCUT2D eigenvalue weighted by molar-refractivity contribution is 5.77. The van der Waals surface area contributed by atoms with Gasteiger partial charge in [-0.2, -0.15) is 4.98 Å². The van der Waals surface area contributed by atoms with Crippen molar-refractivity contribution in [2.45, 2.75) is 58.8 Å². The van der Waals surface area contributed by atoms with Crippen LogP contribution >= 0.6 is 0 Å². The molecule has 0 aliphatic carbocycles. The van der Waals surface area contributed by atoms with Crippen LogP contribution in [0.1, 0.15) is 57.9 Å². The number of nitrogens with zero attached hydrogens (tertiary/aromatic N) is 1. The second-order valence-corrected chi connectivity index (χ2v) is 5.59. The maximum Gasteiger partial charge on any atom is 0.397 e. The van der Waals surface area contributed by atoms with Crippen molar-refractivity contribution in [3.63, 3.8) is 0 Å². The number of aryl methyl sites for hydroxylation is 1. The smallest absolute Gasteiger partial charge is 0.397 e. The van der Waals surface area contributed by atoms with E-state index < -0.39 is 0 Å². The molecular formula is C18H25NO3. The van der Waals surface area contributed by atoms with Crippen LogP contribution in [-0.4, -0.2) is 11.6 Å². The lowest BCUT2D eigenvalue weighted by Gasteiger charge is -2.05. The van der Waals surface area contributed by atoms with Crippen LogP contribution in [0.3, 0.4) is 0 Å². The third kappa shape index (κ3) is 4.58. The number of hydrogen-bond donors (Lipinski definition) is 0. The number of ether oxygens (including phenoxy) is 1. The summed E-state index contributed by atoms with van der Waals surface area (Å²) in [6.07, 6.45) is 8.14. The minimum Gasteiger partial charge on any atom is -0.450 e. The van der Waals surface area contributed by atoms with Gasteiger partial charge in [-0.3, -0.25) is 0 Å². The Balaban J connectivity index is 1.92. The highest BCUT2D eigenvalue weighted by Crippen LogP contribution is 2.15. The van der Waals surface area contributed by atoms with E-state index in [-0.39, 0.29) is 11.7 Å². The number of hydrogen-bond acceptors (Lipinski definition) is 4. The molecule has 2 aromatic rings.